The number of rotatable bonds is 20. The molecule has 0 aromatic heterocycles. The van der Waals surface area contributed by atoms with Crippen molar-refractivity contribution in [1.29, 1.82) is 0 Å². The molecule has 0 bridgehead atoms. The number of ether oxygens (including phenoxy) is 3. The van der Waals surface area contributed by atoms with Crippen LogP contribution in [0.4, 0.5) is 5.69 Å². The van der Waals surface area contributed by atoms with Crippen molar-refractivity contribution in [3.63, 3.8) is 0 Å². The third-order valence-corrected chi connectivity index (χ3v) is 7.26. The van der Waals surface area contributed by atoms with E-state index < -0.39 is 5.97 Å². The quantitative estimate of drug-likeness (QED) is 0.0997. The fourth-order valence-corrected chi connectivity index (χ4v) is 4.80. The number of anilines is 1. The first-order valence-electron chi connectivity index (χ1n) is 15.5. The Hall–Kier alpha value is -3.80. The van der Waals surface area contributed by atoms with Crippen LogP contribution in [0.3, 0.4) is 0 Å². The van der Waals surface area contributed by atoms with Crippen LogP contribution in [-0.4, -0.2) is 32.1 Å². The van der Waals surface area contributed by atoms with Gasteiger partial charge in [-0.15, -0.1) is 0 Å². The number of aryl methyl sites for hydroxylation is 1. The van der Waals surface area contributed by atoms with E-state index in [4.69, 9.17) is 14.2 Å². The number of amides is 1. The molecule has 1 amide bonds. The largest absolute Gasteiger partial charge is 0.494 e. The summed E-state index contributed by atoms with van der Waals surface area (Å²) in [5, 5.41) is 0. The van der Waals surface area contributed by atoms with Gasteiger partial charge in [0, 0.05) is 6.42 Å². The SMILES string of the molecule is CCCCCCCCCCCCOc1ccc(CCC(=O)N(CC(=O)OC)c2ccccc2Oc2ccccc2)cc1. The van der Waals surface area contributed by atoms with Crippen molar-refractivity contribution in [2.24, 2.45) is 0 Å². The van der Waals surface area contributed by atoms with Crippen LogP contribution in [0.5, 0.6) is 17.2 Å². The van der Waals surface area contributed by atoms with Crippen LogP contribution >= 0.6 is 0 Å². The second-order valence-corrected chi connectivity index (χ2v) is 10.6. The lowest BCUT2D eigenvalue weighted by atomic mass is 10.1. The lowest BCUT2D eigenvalue weighted by Gasteiger charge is -2.24. The Labute approximate surface area is 252 Å². The molecule has 0 aliphatic rings. The van der Waals surface area contributed by atoms with Gasteiger partial charge in [-0.1, -0.05) is 107 Å². The smallest absolute Gasteiger partial charge is 0.325 e. The topological polar surface area (TPSA) is 65.1 Å². The number of unbranched alkanes of at least 4 members (excludes halogenated alkanes) is 9. The zero-order chi connectivity index (χ0) is 29.8. The van der Waals surface area contributed by atoms with Crippen molar-refractivity contribution >= 4 is 17.6 Å². The van der Waals surface area contributed by atoms with E-state index in [1.165, 1.54) is 69.8 Å². The van der Waals surface area contributed by atoms with Crippen molar-refractivity contribution in [1.82, 2.24) is 0 Å². The molecule has 3 aromatic carbocycles. The third-order valence-electron chi connectivity index (χ3n) is 7.26. The number of para-hydroxylation sites is 3. The van der Waals surface area contributed by atoms with Crippen LogP contribution < -0.4 is 14.4 Å². The van der Waals surface area contributed by atoms with Gasteiger partial charge in [-0.25, -0.2) is 0 Å². The first kappa shape index (κ1) is 32.7. The van der Waals surface area contributed by atoms with Crippen LogP contribution in [0.25, 0.3) is 0 Å². The molecule has 226 valence electrons. The number of esters is 1. The van der Waals surface area contributed by atoms with Crippen LogP contribution in [0.2, 0.25) is 0 Å². The molecule has 0 radical (unpaired) electrons. The Morgan fingerprint density at radius 3 is 1.98 bits per heavy atom. The summed E-state index contributed by atoms with van der Waals surface area (Å²) in [6.07, 6.45) is 13.8. The van der Waals surface area contributed by atoms with E-state index in [0.29, 0.717) is 23.6 Å². The molecule has 6 heteroatoms. The lowest BCUT2D eigenvalue weighted by Crippen LogP contribution is -2.36. The Morgan fingerprint density at radius 2 is 1.31 bits per heavy atom. The fraction of sp³-hybridized carbons (Fsp3) is 0.444. The van der Waals surface area contributed by atoms with Crippen LogP contribution in [0.1, 0.15) is 83.1 Å². The molecule has 0 unspecified atom stereocenters. The summed E-state index contributed by atoms with van der Waals surface area (Å²) in [4.78, 5) is 27.1. The predicted molar refractivity (Wildman–Crippen MR) is 169 cm³/mol. The maximum atomic E-state index is 13.4. The van der Waals surface area contributed by atoms with Crippen molar-refractivity contribution in [3.05, 3.63) is 84.4 Å². The highest BCUT2D eigenvalue weighted by molar-refractivity contribution is 5.99. The number of nitrogens with zero attached hydrogens (tertiary/aromatic N) is 1. The van der Waals surface area contributed by atoms with E-state index in [2.05, 4.69) is 6.92 Å². The maximum absolute atomic E-state index is 13.4. The maximum Gasteiger partial charge on any atom is 0.325 e. The van der Waals surface area contributed by atoms with Gasteiger partial charge in [0.2, 0.25) is 5.91 Å². The minimum absolute atomic E-state index is 0.189. The van der Waals surface area contributed by atoms with Gasteiger partial charge in [0.1, 0.15) is 18.0 Å². The predicted octanol–water partition coefficient (Wildman–Crippen LogP) is 8.92. The molecule has 3 aromatic rings. The molecule has 0 heterocycles. The van der Waals surface area contributed by atoms with Crippen molar-refractivity contribution in [2.45, 2.75) is 84.0 Å². The van der Waals surface area contributed by atoms with E-state index in [0.717, 1.165) is 24.3 Å². The molecule has 0 saturated heterocycles. The number of carbonyl (C=O) groups is 2. The third kappa shape index (κ3) is 12.0. The number of methoxy groups -OCH3 is 1. The zero-order valence-corrected chi connectivity index (χ0v) is 25.4. The normalized spacial score (nSPS) is 10.7. The van der Waals surface area contributed by atoms with Crippen LogP contribution in [0, 0.1) is 0 Å². The van der Waals surface area contributed by atoms with E-state index in [-0.39, 0.29) is 18.9 Å². The Morgan fingerprint density at radius 1 is 0.690 bits per heavy atom. The van der Waals surface area contributed by atoms with Gasteiger partial charge in [0.15, 0.2) is 5.75 Å². The lowest BCUT2D eigenvalue weighted by molar-refractivity contribution is -0.140. The summed E-state index contributed by atoms with van der Waals surface area (Å²) in [7, 11) is 1.32. The molecule has 42 heavy (non-hydrogen) atoms. The molecule has 0 aliphatic carbocycles. The Bertz CT molecular complexity index is 1180. The summed E-state index contributed by atoms with van der Waals surface area (Å²) in [5.41, 5.74) is 1.55. The summed E-state index contributed by atoms with van der Waals surface area (Å²) in [6.45, 7) is 2.78. The van der Waals surface area contributed by atoms with Gasteiger partial charge in [-0.2, -0.15) is 0 Å². The van der Waals surface area contributed by atoms with Gasteiger partial charge in [0.05, 0.1) is 19.4 Å². The highest BCUT2D eigenvalue weighted by atomic mass is 16.5. The molecular formula is C36H47NO5. The first-order chi connectivity index (χ1) is 20.6. The minimum atomic E-state index is -0.498. The van der Waals surface area contributed by atoms with Gasteiger partial charge in [-0.05, 0) is 54.8 Å². The average molecular weight is 574 g/mol. The summed E-state index contributed by atoms with van der Waals surface area (Å²) < 4.78 is 16.9. The molecule has 6 nitrogen and oxygen atoms in total. The highest BCUT2D eigenvalue weighted by Crippen LogP contribution is 2.32. The number of benzene rings is 3. The molecular weight excluding hydrogens is 526 g/mol. The second kappa shape index (κ2) is 19.3. The Balaban J connectivity index is 1.46. The van der Waals surface area contributed by atoms with Crippen molar-refractivity contribution in [3.8, 4) is 17.2 Å². The average Bonchev–Trinajstić information content (AvgIpc) is 3.02. The molecule has 0 spiro atoms. The summed E-state index contributed by atoms with van der Waals surface area (Å²) >= 11 is 0. The van der Waals surface area contributed by atoms with E-state index >= 15 is 0 Å². The Kier molecular flexibility index (Phi) is 15.1. The van der Waals surface area contributed by atoms with Gasteiger partial charge in [-0.3, -0.25) is 14.5 Å². The molecule has 0 atom stereocenters. The van der Waals surface area contributed by atoms with Gasteiger partial charge in [0.25, 0.3) is 0 Å². The molecule has 3 rings (SSSR count). The van der Waals surface area contributed by atoms with Crippen LogP contribution in [0.15, 0.2) is 78.9 Å². The molecule has 0 N–H and O–H groups in total. The van der Waals surface area contributed by atoms with E-state index in [9.17, 15) is 9.59 Å². The molecule has 0 fully saturated rings. The molecule has 0 aliphatic heterocycles. The van der Waals surface area contributed by atoms with Gasteiger partial charge < -0.3 is 14.2 Å². The van der Waals surface area contributed by atoms with Crippen molar-refractivity contribution in [2.75, 3.05) is 25.2 Å². The number of hydrogen-bond acceptors (Lipinski definition) is 5. The van der Waals surface area contributed by atoms with E-state index in [1.54, 1.807) is 12.1 Å². The fourth-order valence-electron chi connectivity index (χ4n) is 4.80. The zero-order valence-electron chi connectivity index (χ0n) is 25.4. The second-order valence-electron chi connectivity index (χ2n) is 10.6. The van der Waals surface area contributed by atoms with Crippen molar-refractivity contribution < 1.29 is 23.8 Å². The first-order valence-corrected chi connectivity index (χ1v) is 15.5. The monoisotopic (exact) mass is 573 g/mol. The summed E-state index contributed by atoms with van der Waals surface area (Å²) in [5.74, 6) is 1.30. The highest BCUT2D eigenvalue weighted by Gasteiger charge is 2.23. The van der Waals surface area contributed by atoms with E-state index in [1.807, 2.05) is 66.7 Å². The van der Waals surface area contributed by atoms with Crippen LogP contribution in [-0.2, 0) is 20.7 Å². The number of hydrogen-bond donors (Lipinski definition) is 0. The summed E-state index contributed by atoms with van der Waals surface area (Å²) in [6, 6.07) is 24.5. The van der Waals surface area contributed by atoms with Gasteiger partial charge >= 0.3 is 5.97 Å². The minimum Gasteiger partial charge on any atom is -0.494 e. The number of carbonyl (C=O) groups excluding carboxylic acids is 2. The standard InChI is InChI=1S/C36H47NO5/c1-3-4-5-6-7-8-9-10-11-17-28-41-31-25-22-30(23-26-31)24-27-35(38)37(29-36(39)40-2)33-20-15-16-21-34(33)42-32-18-13-12-14-19-32/h12-16,18-23,25-26H,3-11,17,24,27-29H2,1-2H3. The molecule has 0 saturated carbocycles.